The van der Waals surface area contributed by atoms with Crippen molar-refractivity contribution in [3.05, 3.63) is 54.4 Å². The highest BCUT2D eigenvalue weighted by Crippen LogP contribution is 2.22. The van der Waals surface area contributed by atoms with E-state index in [2.05, 4.69) is 10.3 Å². The number of hydrogen-bond donors (Lipinski definition) is 1. The average molecular weight is 456 g/mol. The number of aryl methyl sites for hydroxylation is 2. The summed E-state index contributed by atoms with van der Waals surface area (Å²) >= 11 is 0. The molecule has 8 nitrogen and oxygen atoms in total. The van der Waals surface area contributed by atoms with Crippen LogP contribution in [0.25, 0.3) is 11.0 Å². The second-order valence-electron chi connectivity index (χ2n) is 8.36. The van der Waals surface area contributed by atoms with Crippen molar-refractivity contribution in [2.24, 2.45) is 7.05 Å². The number of amides is 1. The monoisotopic (exact) mass is 455 g/mol. The van der Waals surface area contributed by atoms with E-state index in [4.69, 9.17) is 0 Å². The normalized spacial score (nSPS) is 16.8. The molecule has 0 spiro atoms. The Labute approximate surface area is 188 Å². The number of likely N-dealkylation sites (tertiary alicyclic amines) is 1. The van der Waals surface area contributed by atoms with Gasteiger partial charge in [-0.2, -0.15) is 0 Å². The van der Waals surface area contributed by atoms with Crippen LogP contribution in [0.2, 0.25) is 0 Å². The first-order chi connectivity index (χ1) is 15.3. The lowest BCUT2D eigenvalue weighted by Gasteiger charge is -2.17. The molecule has 1 N–H and O–H groups in total. The molecule has 170 valence electrons. The van der Waals surface area contributed by atoms with Gasteiger partial charge in [-0.05, 0) is 36.8 Å². The predicted octanol–water partition coefficient (Wildman–Crippen LogP) is 2.47. The Morgan fingerprint density at radius 1 is 1.19 bits per heavy atom. The molecule has 0 aliphatic carbocycles. The summed E-state index contributed by atoms with van der Waals surface area (Å²) in [5, 5.41) is 3.49. The van der Waals surface area contributed by atoms with Gasteiger partial charge in [0.05, 0.1) is 15.9 Å². The third-order valence-corrected chi connectivity index (χ3v) is 7.78. The molecule has 1 unspecified atom stereocenters. The zero-order chi connectivity index (χ0) is 22.9. The molecular weight excluding hydrogens is 426 g/mol. The Kier molecular flexibility index (Phi) is 6.21. The number of imidazole rings is 1. The number of fused-ring (bicyclic) bond motifs is 1. The summed E-state index contributed by atoms with van der Waals surface area (Å²) in [7, 11) is 1.39. The molecule has 3 aromatic rings. The molecule has 2 aromatic carbocycles. The molecule has 1 atom stereocenters. The lowest BCUT2D eigenvalue weighted by atomic mass is 10.2. The standard InChI is InChI=1S/C23H29N5O3S/c1-26(2)32(30,31)19-9-10-21-20(15-19)25-22(27(21)3)11-12-23(29)28-14-13-18(16-28)24-17-7-5-4-6-8-17/h4-10,15,18,24H,11-14,16H2,1-3H3. The topological polar surface area (TPSA) is 87.5 Å². The van der Waals surface area contributed by atoms with Gasteiger partial charge in [-0.15, -0.1) is 0 Å². The summed E-state index contributed by atoms with van der Waals surface area (Å²) in [4.78, 5) is 19.5. The maximum Gasteiger partial charge on any atom is 0.242 e. The van der Waals surface area contributed by atoms with Gasteiger partial charge in [0, 0.05) is 58.8 Å². The van der Waals surface area contributed by atoms with E-state index in [9.17, 15) is 13.2 Å². The van der Waals surface area contributed by atoms with Crippen LogP contribution in [0, 0.1) is 0 Å². The van der Waals surface area contributed by atoms with Crippen LogP contribution in [0.15, 0.2) is 53.4 Å². The van der Waals surface area contributed by atoms with Crippen molar-refractivity contribution in [3.63, 3.8) is 0 Å². The Hall–Kier alpha value is -2.91. The Morgan fingerprint density at radius 3 is 2.66 bits per heavy atom. The van der Waals surface area contributed by atoms with Gasteiger partial charge in [-0.3, -0.25) is 4.79 Å². The average Bonchev–Trinajstić information content (AvgIpc) is 3.37. The quantitative estimate of drug-likeness (QED) is 0.591. The number of carbonyl (C=O) groups excluding carboxylic acids is 1. The number of rotatable bonds is 7. The van der Waals surface area contributed by atoms with Crippen LogP contribution < -0.4 is 5.32 Å². The molecule has 32 heavy (non-hydrogen) atoms. The van der Waals surface area contributed by atoms with Crippen LogP contribution in [-0.4, -0.2) is 66.3 Å². The molecule has 1 saturated heterocycles. The van der Waals surface area contributed by atoms with Crippen molar-refractivity contribution in [2.75, 3.05) is 32.5 Å². The number of nitrogens with one attached hydrogen (secondary N) is 1. The van der Waals surface area contributed by atoms with Gasteiger partial charge < -0.3 is 14.8 Å². The SMILES string of the molecule is CN(C)S(=O)(=O)c1ccc2c(c1)nc(CCC(=O)N1CCC(Nc3ccccc3)C1)n2C. The van der Waals surface area contributed by atoms with E-state index in [1.54, 1.807) is 18.2 Å². The smallest absolute Gasteiger partial charge is 0.242 e. The molecule has 0 saturated carbocycles. The number of aromatic nitrogens is 2. The van der Waals surface area contributed by atoms with Gasteiger partial charge in [0.1, 0.15) is 5.82 Å². The van der Waals surface area contributed by atoms with Gasteiger partial charge in [0.25, 0.3) is 0 Å². The highest BCUT2D eigenvalue weighted by atomic mass is 32.2. The summed E-state index contributed by atoms with van der Waals surface area (Å²) in [6, 6.07) is 15.3. The summed E-state index contributed by atoms with van der Waals surface area (Å²) < 4.78 is 27.9. The lowest BCUT2D eigenvalue weighted by Crippen LogP contribution is -2.31. The third-order valence-electron chi connectivity index (χ3n) is 5.97. The molecule has 9 heteroatoms. The van der Waals surface area contributed by atoms with Crippen molar-refractivity contribution in [2.45, 2.75) is 30.2 Å². The second-order valence-corrected chi connectivity index (χ2v) is 10.5. The fourth-order valence-electron chi connectivity index (χ4n) is 4.08. The number of nitrogens with zero attached hydrogens (tertiary/aromatic N) is 4. The molecule has 0 radical (unpaired) electrons. The minimum absolute atomic E-state index is 0.116. The number of carbonyl (C=O) groups is 1. The number of anilines is 1. The fraction of sp³-hybridized carbons (Fsp3) is 0.391. The number of sulfonamides is 1. The van der Waals surface area contributed by atoms with E-state index in [0.717, 1.165) is 30.0 Å². The van der Waals surface area contributed by atoms with Gasteiger partial charge in [-0.1, -0.05) is 18.2 Å². The van der Waals surface area contributed by atoms with Crippen LogP contribution in [0.3, 0.4) is 0 Å². The summed E-state index contributed by atoms with van der Waals surface area (Å²) in [6.07, 6.45) is 1.81. The Balaban J connectivity index is 1.39. The first-order valence-electron chi connectivity index (χ1n) is 10.7. The van der Waals surface area contributed by atoms with Gasteiger partial charge in [0.2, 0.25) is 15.9 Å². The van der Waals surface area contributed by atoms with Gasteiger partial charge in [-0.25, -0.2) is 17.7 Å². The van der Waals surface area contributed by atoms with Crippen molar-refractivity contribution < 1.29 is 13.2 Å². The van der Waals surface area contributed by atoms with Crippen LogP contribution in [0.1, 0.15) is 18.7 Å². The highest BCUT2D eigenvalue weighted by molar-refractivity contribution is 7.89. The van der Waals surface area contributed by atoms with E-state index >= 15 is 0 Å². The number of benzene rings is 2. The number of hydrogen-bond acceptors (Lipinski definition) is 5. The van der Waals surface area contributed by atoms with Crippen LogP contribution >= 0.6 is 0 Å². The molecule has 1 aromatic heterocycles. The largest absolute Gasteiger partial charge is 0.380 e. The van der Waals surface area contributed by atoms with Crippen LogP contribution in [-0.2, 0) is 28.3 Å². The molecule has 2 heterocycles. The van der Waals surface area contributed by atoms with E-state index < -0.39 is 10.0 Å². The fourth-order valence-corrected chi connectivity index (χ4v) is 5.00. The maximum absolute atomic E-state index is 12.8. The zero-order valence-corrected chi connectivity index (χ0v) is 19.5. The molecule has 1 amide bonds. The molecule has 0 bridgehead atoms. The van der Waals surface area contributed by atoms with Crippen LogP contribution in [0.4, 0.5) is 5.69 Å². The number of para-hydroxylation sites is 1. The van der Waals surface area contributed by atoms with Gasteiger partial charge in [0.15, 0.2) is 0 Å². The molecule has 1 aliphatic heterocycles. The first-order valence-corrected chi connectivity index (χ1v) is 12.2. The summed E-state index contributed by atoms with van der Waals surface area (Å²) in [6.45, 7) is 1.44. The summed E-state index contributed by atoms with van der Waals surface area (Å²) in [5.41, 5.74) is 2.53. The van der Waals surface area contributed by atoms with Crippen molar-refractivity contribution in [1.82, 2.24) is 18.8 Å². The molecular formula is C23H29N5O3S. The minimum atomic E-state index is -3.52. The Morgan fingerprint density at radius 2 is 1.94 bits per heavy atom. The first kappa shape index (κ1) is 22.3. The van der Waals surface area contributed by atoms with E-state index in [-0.39, 0.29) is 16.8 Å². The van der Waals surface area contributed by atoms with E-state index in [1.807, 2.05) is 46.8 Å². The lowest BCUT2D eigenvalue weighted by molar-refractivity contribution is -0.130. The predicted molar refractivity (Wildman–Crippen MR) is 125 cm³/mol. The van der Waals surface area contributed by atoms with Gasteiger partial charge >= 0.3 is 0 Å². The molecule has 1 fully saturated rings. The maximum atomic E-state index is 12.8. The van der Waals surface area contributed by atoms with Crippen molar-refractivity contribution in [3.8, 4) is 0 Å². The minimum Gasteiger partial charge on any atom is -0.380 e. The second kappa shape index (κ2) is 8.91. The molecule has 1 aliphatic rings. The highest BCUT2D eigenvalue weighted by Gasteiger charge is 2.26. The van der Waals surface area contributed by atoms with Crippen LogP contribution in [0.5, 0.6) is 0 Å². The van der Waals surface area contributed by atoms with Crippen molar-refractivity contribution in [1.29, 1.82) is 0 Å². The third kappa shape index (κ3) is 4.49. The summed E-state index contributed by atoms with van der Waals surface area (Å²) in [5.74, 6) is 0.885. The van der Waals surface area contributed by atoms with E-state index in [1.165, 1.54) is 18.4 Å². The van der Waals surface area contributed by atoms with Crippen molar-refractivity contribution >= 4 is 32.7 Å². The zero-order valence-electron chi connectivity index (χ0n) is 18.7. The van der Waals surface area contributed by atoms with E-state index in [0.29, 0.717) is 24.9 Å². The molecule has 4 rings (SSSR count). The Bertz CT molecular complexity index is 1220.